The number of ether oxygens (including phenoxy) is 2. The molecule has 0 aliphatic carbocycles. The molecule has 2 aromatic carbocycles. The van der Waals surface area contributed by atoms with Crippen molar-refractivity contribution in [3.8, 4) is 11.6 Å². The number of aromatic nitrogens is 1. The van der Waals surface area contributed by atoms with Crippen LogP contribution >= 0.6 is 0 Å². The van der Waals surface area contributed by atoms with Crippen molar-refractivity contribution in [3.05, 3.63) is 65.2 Å². The first-order valence-electron chi connectivity index (χ1n) is 11.0. The predicted octanol–water partition coefficient (Wildman–Crippen LogP) is 5.71. The number of Topliss-reactive ketones (excluding diaryl/α,β-unsaturated/α-hetero) is 2. The predicted molar refractivity (Wildman–Crippen MR) is 124 cm³/mol. The third-order valence-electron chi connectivity index (χ3n) is 6.15. The fraction of sp³-hybridized carbons (Fsp3) is 0.370. The summed E-state index contributed by atoms with van der Waals surface area (Å²) < 4.78 is 12.0. The number of ketones is 2. The molecule has 0 bridgehead atoms. The summed E-state index contributed by atoms with van der Waals surface area (Å²) >= 11 is 0. The van der Waals surface area contributed by atoms with E-state index in [1.807, 2.05) is 62.4 Å². The maximum Gasteiger partial charge on any atom is 0.220 e. The zero-order chi connectivity index (χ0) is 23.3. The van der Waals surface area contributed by atoms with Crippen molar-refractivity contribution in [3.63, 3.8) is 0 Å². The van der Waals surface area contributed by atoms with Crippen LogP contribution in [0.1, 0.15) is 57.2 Å². The topological polar surface area (TPSA) is 65.5 Å². The number of aryl methyl sites for hydroxylation is 2. The normalized spacial score (nSPS) is 18.2. The summed E-state index contributed by atoms with van der Waals surface area (Å²) in [5.74, 6) is -0.330. The first-order valence-corrected chi connectivity index (χ1v) is 11.0. The van der Waals surface area contributed by atoms with Crippen molar-refractivity contribution in [2.75, 3.05) is 0 Å². The number of rotatable bonds is 4. The Morgan fingerprint density at radius 3 is 2.28 bits per heavy atom. The molecule has 5 nitrogen and oxygen atoms in total. The molecule has 0 amide bonds. The van der Waals surface area contributed by atoms with Crippen LogP contribution < -0.4 is 4.74 Å². The standard InChI is InChI=1S/C27H29NO4/c1-7-17-12-13-18(31-22-14-16(2)19-10-8-9-11-21(19)28-22)15-20(17)23-24(29)26(3,4)32-27(5,6)25(23)30/h8-15,23H,7H2,1-6H3. The number of carbonyl (C=O) groups is 2. The molecule has 166 valence electrons. The summed E-state index contributed by atoms with van der Waals surface area (Å²) in [5.41, 5.74) is 1.43. The Labute approximate surface area is 188 Å². The van der Waals surface area contributed by atoms with Gasteiger partial charge in [-0.3, -0.25) is 9.59 Å². The van der Waals surface area contributed by atoms with Gasteiger partial charge in [0.25, 0.3) is 0 Å². The Bertz CT molecular complexity index is 1200. The van der Waals surface area contributed by atoms with Gasteiger partial charge in [0.15, 0.2) is 11.6 Å². The summed E-state index contributed by atoms with van der Waals surface area (Å²) in [6.45, 7) is 10.9. The number of hydrogen-bond donors (Lipinski definition) is 0. The van der Waals surface area contributed by atoms with Gasteiger partial charge in [-0.05, 0) is 75.9 Å². The van der Waals surface area contributed by atoms with E-state index in [4.69, 9.17) is 9.47 Å². The van der Waals surface area contributed by atoms with E-state index in [0.717, 1.165) is 22.0 Å². The number of benzene rings is 2. The molecule has 2 heterocycles. The van der Waals surface area contributed by atoms with Gasteiger partial charge in [0.2, 0.25) is 5.88 Å². The minimum atomic E-state index is -1.05. The zero-order valence-electron chi connectivity index (χ0n) is 19.5. The Hall–Kier alpha value is -3.05. The molecule has 1 aromatic heterocycles. The van der Waals surface area contributed by atoms with Gasteiger partial charge in [0.1, 0.15) is 22.9 Å². The van der Waals surface area contributed by atoms with Crippen LogP contribution in [0, 0.1) is 6.92 Å². The van der Waals surface area contributed by atoms with Crippen molar-refractivity contribution in [1.29, 1.82) is 0 Å². The van der Waals surface area contributed by atoms with Crippen LogP contribution in [0.25, 0.3) is 10.9 Å². The molecule has 1 aliphatic rings. The summed E-state index contributed by atoms with van der Waals surface area (Å²) in [5, 5.41) is 1.07. The molecule has 0 N–H and O–H groups in total. The lowest BCUT2D eigenvalue weighted by Gasteiger charge is -2.43. The van der Waals surface area contributed by atoms with E-state index in [0.29, 0.717) is 23.6 Å². The Morgan fingerprint density at radius 1 is 0.969 bits per heavy atom. The van der Waals surface area contributed by atoms with E-state index in [-0.39, 0.29) is 11.6 Å². The smallest absolute Gasteiger partial charge is 0.220 e. The van der Waals surface area contributed by atoms with Crippen LogP contribution in [-0.4, -0.2) is 27.8 Å². The molecule has 32 heavy (non-hydrogen) atoms. The fourth-order valence-electron chi connectivity index (χ4n) is 4.55. The molecule has 0 saturated carbocycles. The minimum absolute atomic E-state index is 0.228. The lowest BCUT2D eigenvalue weighted by atomic mass is 9.73. The highest BCUT2D eigenvalue weighted by molar-refractivity contribution is 6.15. The number of hydrogen-bond acceptors (Lipinski definition) is 5. The number of fused-ring (bicyclic) bond motifs is 1. The summed E-state index contributed by atoms with van der Waals surface area (Å²) in [6.07, 6.45) is 0.696. The molecule has 0 unspecified atom stereocenters. The molecule has 5 heteroatoms. The third kappa shape index (κ3) is 3.82. The molecule has 4 rings (SSSR count). The van der Waals surface area contributed by atoms with Crippen molar-refractivity contribution in [2.24, 2.45) is 0 Å². The number of nitrogens with zero attached hydrogens (tertiary/aromatic N) is 1. The Kier molecular flexibility index (Phi) is 5.41. The largest absolute Gasteiger partial charge is 0.439 e. The van der Waals surface area contributed by atoms with E-state index in [1.165, 1.54) is 0 Å². The maximum absolute atomic E-state index is 13.3. The zero-order valence-corrected chi connectivity index (χ0v) is 19.5. The fourth-order valence-corrected chi connectivity index (χ4v) is 4.55. The SMILES string of the molecule is CCc1ccc(Oc2cc(C)c3ccccc3n2)cc1C1C(=O)C(C)(C)OC(C)(C)C1=O. The van der Waals surface area contributed by atoms with E-state index < -0.39 is 17.1 Å². The van der Waals surface area contributed by atoms with E-state index >= 15 is 0 Å². The third-order valence-corrected chi connectivity index (χ3v) is 6.15. The minimum Gasteiger partial charge on any atom is -0.439 e. The van der Waals surface area contributed by atoms with E-state index in [9.17, 15) is 9.59 Å². The van der Waals surface area contributed by atoms with Crippen molar-refractivity contribution >= 4 is 22.5 Å². The van der Waals surface area contributed by atoms with Crippen LogP contribution in [0.15, 0.2) is 48.5 Å². The van der Waals surface area contributed by atoms with Crippen LogP contribution in [0.2, 0.25) is 0 Å². The van der Waals surface area contributed by atoms with Crippen LogP contribution in [0.4, 0.5) is 0 Å². The molecular formula is C27H29NO4. The van der Waals surface area contributed by atoms with Crippen molar-refractivity contribution in [2.45, 2.75) is 65.1 Å². The van der Waals surface area contributed by atoms with Crippen LogP contribution in [-0.2, 0) is 20.7 Å². The number of carbonyl (C=O) groups excluding carboxylic acids is 2. The number of para-hydroxylation sites is 1. The number of pyridine rings is 1. The quantitative estimate of drug-likeness (QED) is 0.495. The lowest BCUT2D eigenvalue weighted by Crippen LogP contribution is -2.58. The molecule has 0 spiro atoms. The van der Waals surface area contributed by atoms with Gasteiger partial charge in [-0.15, -0.1) is 0 Å². The molecule has 0 atom stereocenters. The highest BCUT2D eigenvalue weighted by atomic mass is 16.5. The highest BCUT2D eigenvalue weighted by Gasteiger charge is 2.53. The first kappa shape index (κ1) is 22.2. The monoisotopic (exact) mass is 431 g/mol. The van der Waals surface area contributed by atoms with Gasteiger partial charge < -0.3 is 9.47 Å². The van der Waals surface area contributed by atoms with Gasteiger partial charge in [-0.25, -0.2) is 4.98 Å². The second kappa shape index (κ2) is 7.82. The Morgan fingerprint density at radius 2 is 1.62 bits per heavy atom. The first-order chi connectivity index (χ1) is 15.0. The molecule has 1 aliphatic heterocycles. The van der Waals surface area contributed by atoms with Crippen LogP contribution in [0.3, 0.4) is 0 Å². The van der Waals surface area contributed by atoms with Gasteiger partial charge in [-0.2, -0.15) is 0 Å². The highest BCUT2D eigenvalue weighted by Crippen LogP contribution is 2.41. The van der Waals surface area contributed by atoms with Crippen molar-refractivity contribution in [1.82, 2.24) is 4.98 Å². The van der Waals surface area contributed by atoms with Gasteiger partial charge in [0.05, 0.1) is 5.52 Å². The second-order valence-electron chi connectivity index (χ2n) is 9.39. The average Bonchev–Trinajstić information content (AvgIpc) is 2.72. The van der Waals surface area contributed by atoms with Crippen molar-refractivity contribution < 1.29 is 19.1 Å². The molecule has 0 radical (unpaired) electrons. The van der Waals surface area contributed by atoms with Gasteiger partial charge in [-0.1, -0.05) is 31.2 Å². The maximum atomic E-state index is 13.3. The summed E-state index contributed by atoms with van der Waals surface area (Å²) in [7, 11) is 0. The van der Waals surface area contributed by atoms with E-state index in [1.54, 1.807) is 27.7 Å². The molecular weight excluding hydrogens is 402 g/mol. The Balaban J connectivity index is 1.77. The second-order valence-corrected chi connectivity index (χ2v) is 9.39. The molecule has 1 fully saturated rings. The summed E-state index contributed by atoms with van der Waals surface area (Å²) in [4.78, 5) is 31.2. The molecule has 1 saturated heterocycles. The average molecular weight is 432 g/mol. The summed E-state index contributed by atoms with van der Waals surface area (Å²) in [6, 6.07) is 15.4. The van der Waals surface area contributed by atoms with Gasteiger partial charge in [0, 0.05) is 11.5 Å². The lowest BCUT2D eigenvalue weighted by molar-refractivity contribution is -0.184. The van der Waals surface area contributed by atoms with Gasteiger partial charge >= 0.3 is 0 Å². The van der Waals surface area contributed by atoms with Crippen LogP contribution in [0.5, 0.6) is 11.6 Å². The van der Waals surface area contributed by atoms with E-state index in [2.05, 4.69) is 4.98 Å². The molecule has 3 aromatic rings.